The molecule has 0 rings (SSSR count). The Bertz CT molecular complexity index is 1320. The third kappa shape index (κ3) is 66.3. The van der Waals surface area contributed by atoms with Crippen molar-refractivity contribution < 1.29 is 28.6 Å². The normalized spacial score (nSPS) is 12.2. The Morgan fingerprint density at radius 2 is 0.456 bits per heavy atom. The van der Waals surface area contributed by atoms with Crippen LogP contribution in [0.5, 0.6) is 0 Å². The lowest BCUT2D eigenvalue weighted by Gasteiger charge is -2.18. The first-order valence-electron chi connectivity index (χ1n) is 35.5. The van der Waals surface area contributed by atoms with Crippen LogP contribution in [-0.4, -0.2) is 37.2 Å². The molecule has 1 atom stereocenters. The summed E-state index contributed by atoms with van der Waals surface area (Å²) in [7, 11) is 0. The second-order valence-electron chi connectivity index (χ2n) is 24.1. The number of rotatable bonds is 66. The minimum atomic E-state index is -0.767. The van der Waals surface area contributed by atoms with E-state index in [-0.39, 0.29) is 31.1 Å². The molecule has 464 valence electrons. The Hall–Kier alpha value is -2.37. The molecule has 6 nitrogen and oxygen atoms in total. The Labute approximate surface area is 493 Å². The van der Waals surface area contributed by atoms with Crippen molar-refractivity contribution in [3.63, 3.8) is 0 Å². The van der Waals surface area contributed by atoms with Gasteiger partial charge in [0.05, 0.1) is 0 Å². The van der Waals surface area contributed by atoms with Crippen molar-refractivity contribution in [2.75, 3.05) is 13.2 Å². The van der Waals surface area contributed by atoms with Crippen LogP contribution >= 0.6 is 0 Å². The third-order valence-electron chi connectivity index (χ3n) is 16.1. The molecule has 0 fully saturated rings. The summed E-state index contributed by atoms with van der Waals surface area (Å²) in [5, 5.41) is 0. The van der Waals surface area contributed by atoms with Crippen molar-refractivity contribution in [3.8, 4) is 0 Å². The Balaban J connectivity index is 3.87. The molecule has 1 unspecified atom stereocenters. The van der Waals surface area contributed by atoms with E-state index >= 15 is 0 Å². The van der Waals surface area contributed by atoms with Gasteiger partial charge in [0.1, 0.15) is 13.2 Å². The fourth-order valence-corrected chi connectivity index (χ4v) is 10.8. The van der Waals surface area contributed by atoms with Gasteiger partial charge in [0.25, 0.3) is 0 Å². The van der Waals surface area contributed by atoms with Gasteiger partial charge in [-0.15, -0.1) is 0 Å². The van der Waals surface area contributed by atoms with Crippen molar-refractivity contribution in [1.29, 1.82) is 0 Å². The maximum atomic E-state index is 12.8. The fourth-order valence-electron chi connectivity index (χ4n) is 10.8. The molecule has 0 heterocycles. The van der Waals surface area contributed by atoms with Gasteiger partial charge in [0, 0.05) is 19.3 Å². The van der Waals surface area contributed by atoms with Gasteiger partial charge in [-0.3, -0.25) is 14.4 Å². The van der Waals surface area contributed by atoms with Crippen LogP contribution in [0.3, 0.4) is 0 Å². The number of hydrogen-bond acceptors (Lipinski definition) is 6. The van der Waals surface area contributed by atoms with Gasteiger partial charge in [-0.25, -0.2) is 0 Å². The first-order chi connectivity index (χ1) is 39.0. The van der Waals surface area contributed by atoms with Crippen molar-refractivity contribution in [3.05, 3.63) is 36.5 Å². The van der Waals surface area contributed by atoms with Crippen molar-refractivity contribution in [1.82, 2.24) is 0 Å². The maximum Gasteiger partial charge on any atom is 0.306 e. The van der Waals surface area contributed by atoms with Gasteiger partial charge in [-0.05, 0) is 77.0 Å². The van der Waals surface area contributed by atoms with Crippen molar-refractivity contribution >= 4 is 17.9 Å². The van der Waals surface area contributed by atoms with Crippen LogP contribution in [0, 0.1) is 0 Å². The molecule has 0 aliphatic rings. The molecule has 0 aromatic heterocycles. The van der Waals surface area contributed by atoms with E-state index in [0.717, 1.165) is 70.6 Å². The summed E-state index contributed by atoms with van der Waals surface area (Å²) in [6.45, 7) is 6.61. The van der Waals surface area contributed by atoms with Crippen molar-refractivity contribution in [2.24, 2.45) is 0 Å². The predicted octanol–water partition coefficient (Wildman–Crippen LogP) is 24.3. The smallest absolute Gasteiger partial charge is 0.306 e. The molecule has 0 amide bonds. The molecule has 79 heavy (non-hydrogen) atoms. The van der Waals surface area contributed by atoms with E-state index < -0.39 is 6.10 Å². The van der Waals surface area contributed by atoms with Crippen LogP contribution in [0.1, 0.15) is 393 Å². The van der Waals surface area contributed by atoms with E-state index in [9.17, 15) is 14.4 Å². The molecule has 0 aromatic carbocycles. The molecular formula is C73H136O6. The van der Waals surface area contributed by atoms with E-state index in [1.807, 2.05) is 0 Å². The molecule has 0 aliphatic carbocycles. The van der Waals surface area contributed by atoms with Crippen molar-refractivity contribution in [2.45, 2.75) is 399 Å². The minimum Gasteiger partial charge on any atom is -0.462 e. The number of carbonyl (C=O) groups excluding carboxylic acids is 3. The fraction of sp³-hybridized carbons (Fsp3) is 0.877. The molecule has 0 spiro atoms. The quantitative estimate of drug-likeness (QED) is 0.0261. The van der Waals surface area contributed by atoms with E-state index in [4.69, 9.17) is 14.2 Å². The number of unbranched alkanes of at least 4 members (excludes halogenated alkanes) is 49. The molecule has 0 saturated heterocycles. The molecule has 6 heteroatoms. The van der Waals surface area contributed by atoms with Gasteiger partial charge < -0.3 is 14.2 Å². The highest BCUT2D eigenvalue weighted by atomic mass is 16.6. The highest BCUT2D eigenvalue weighted by Crippen LogP contribution is 2.18. The lowest BCUT2D eigenvalue weighted by molar-refractivity contribution is -0.167. The average molecular weight is 1110 g/mol. The van der Waals surface area contributed by atoms with Gasteiger partial charge >= 0.3 is 17.9 Å². The summed E-state index contributed by atoms with van der Waals surface area (Å²) in [6, 6.07) is 0. The van der Waals surface area contributed by atoms with E-state index in [1.165, 1.54) is 283 Å². The second kappa shape index (κ2) is 68.1. The zero-order valence-corrected chi connectivity index (χ0v) is 53.4. The molecular weight excluding hydrogens is 973 g/mol. The zero-order valence-electron chi connectivity index (χ0n) is 53.4. The summed E-state index contributed by atoms with van der Waals surface area (Å²) in [4.78, 5) is 38.0. The number of allylic oxidation sites excluding steroid dienone is 6. The highest BCUT2D eigenvalue weighted by Gasteiger charge is 2.19. The highest BCUT2D eigenvalue weighted by molar-refractivity contribution is 5.71. The number of ether oxygens (including phenoxy) is 3. The summed E-state index contributed by atoms with van der Waals surface area (Å²) >= 11 is 0. The van der Waals surface area contributed by atoms with Crippen LogP contribution in [0.25, 0.3) is 0 Å². The summed E-state index contributed by atoms with van der Waals surface area (Å²) in [5.41, 5.74) is 0. The predicted molar refractivity (Wildman–Crippen MR) is 344 cm³/mol. The van der Waals surface area contributed by atoms with Gasteiger partial charge in [-0.1, -0.05) is 333 Å². The maximum absolute atomic E-state index is 12.8. The summed E-state index contributed by atoms with van der Waals surface area (Å²) < 4.78 is 16.8. The SMILES string of the molecule is CCCCCCC/C=C\C/C=C\CCCCCCCCCCCCCCCCCCCCCCCCCC(=O)OCC(COC(=O)CCCCCCC)OC(=O)CCCCCCCCCCC/C=C\CCCCCCCCCC. The van der Waals surface area contributed by atoms with Crippen LogP contribution in [0.15, 0.2) is 36.5 Å². The van der Waals surface area contributed by atoms with Gasteiger partial charge in [-0.2, -0.15) is 0 Å². The van der Waals surface area contributed by atoms with Gasteiger partial charge in [0.15, 0.2) is 6.10 Å². The molecule has 0 radical (unpaired) electrons. The topological polar surface area (TPSA) is 78.9 Å². The minimum absolute atomic E-state index is 0.0679. The van der Waals surface area contributed by atoms with E-state index in [2.05, 4.69) is 57.2 Å². The van der Waals surface area contributed by atoms with Gasteiger partial charge in [0.2, 0.25) is 0 Å². The lowest BCUT2D eigenvalue weighted by atomic mass is 10.0. The third-order valence-corrected chi connectivity index (χ3v) is 16.1. The molecule has 0 aromatic rings. The largest absolute Gasteiger partial charge is 0.462 e. The van der Waals surface area contributed by atoms with Crippen LogP contribution in [-0.2, 0) is 28.6 Å². The Morgan fingerprint density at radius 1 is 0.253 bits per heavy atom. The van der Waals surface area contributed by atoms with Crippen LogP contribution in [0.4, 0.5) is 0 Å². The standard InChI is InChI=1S/C73H136O6/c1-4-7-10-13-15-17-19-21-23-25-27-29-30-31-32-33-34-35-36-37-38-39-40-41-42-44-45-47-49-51-53-55-57-60-63-66-72(75)78-69-70(68-77-71(74)65-62-59-12-9-6-3)79-73(76)67-64-61-58-56-54-52-50-48-46-43-28-26-24-22-20-18-16-14-11-8-5-2/h19,21,25-28,70H,4-18,20,22-24,29-69H2,1-3H3/b21-19-,27-25-,28-26-. The van der Waals surface area contributed by atoms with E-state index in [1.54, 1.807) is 0 Å². The Kier molecular flexibility index (Phi) is 66.1. The average Bonchev–Trinajstić information content (AvgIpc) is 3.45. The second-order valence-corrected chi connectivity index (χ2v) is 24.1. The monoisotopic (exact) mass is 1110 g/mol. The molecule has 0 aliphatic heterocycles. The zero-order chi connectivity index (χ0) is 57.1. The molecule has 0 N–H and O–H groups in total. The number of carbonyl (C=O) groups is 3. The number of esters is 3. The first kappa shape index (κ1) is 76.6. The van der Waals surface area contributed by atoms with Crippen LogP contribution in [0.2, 0.25) is 0 Å². The molecule has 0 bridgehead atoms. The summed E-state index contributed by atoms with van der Waals surface area (Å²) in [5.74, 6) is -0.860. The van der Waals surface area contributed by atoms with Crippen LogP contribution < -0.4 is 0 Å². The first-order valence-corrected chi connectivity index (χ1v) is 35.5. The summed E-state index contributed by atoms with van der Waals surface area (Å²) in [6.07, 6.45) is 85.3. The Morgan fingerprint density at radius 3 is 0.709 bits per heavy atom. The van der Waals surface area contributed by atoms with E-state index in [0.29, 0.717) is 19.3 Å². The molecule has 0 saturated carbocycles. The number of hydrogen-bond donors (Lipinski definition) is 0. The lowest BCUT2D eigenvalue weighted by Crippen LogP contribution is -2.30.